The fourth-order valence-corrected chi connectivity index (χ4v) is 8.45. The van der Waals surface area contributed by atoms with Gasteiger partial charge in [0.1, 0.15) is 30.8 Å². The number of imidazole rings is 1. The fourth-order valence-electron chi connectivity index (χ4n) is 8.45. The smallest absolute Gasteiger partial charge is 0.410 e. The number of carbonyl (C=O) groups is 7. The Hall–Kier alpha value is -8.75. The van der Waals surface area contributed by atoms with Crippen molar-refractivity contribution in [2.75, 3.05) is 18.4 Å². The average molecular weight is 1020 g/mol. The number of ether oxygens (including phenoxy) is 1. The molecule has 0 spiro atoms. The fraction of sp³-hybridized carbons (Fsp3) is 0.352. The highest BCUT2D eigenvalue weighted by Crippen LogP contribution is 2.30. The van der Waals surface area contributed by atoms with Crippen LogP contribution in [0.5, 0.6) is 0 Å². The number of hydrogen-bond acceptors (Lipinski definition) is 12. The zero-order valence-electron chi connectivity index (χ0n) is 42.7. The lowest BCUT2D eigenvalue weighted by Gasteiger charge is -2.25. The third kappa shape index (κ3) is 14.7. The zero-order valence-corrected chi connectivity index (χ0v) is 42.7. The maximum absolute atomic E-state index is 14.2. The monoisotopic (exact) mass is 1020 g/mol. The number of nitrogens with two attached hydrogens (primary N) is 1. The van der Waals surface area contributed by atoms with Crippen molar-refractivity contribution in [2.24, 2.45) is 11.7 Å². The first-order valence-corrected chi connectivity index (χ1v) is 24.9. The highest BCUT2D eigenvalue weighted by Gasteiger charge is 2.30. The Bertz CT molecular complexity index is 3060. The molecule has 0 aliphatic carbocycles. The van der Waals surface area contributed by atoms with Gasteiger partial charge in [-0.3, -0.25) is 38.8 Å². The molecule has 0 saturated carbocycles. The maximum atomic E-state index is 14.2. The van der Waals surface area contributed by atoms with Gasteiger partial charge >= 0.3 is 12.1 Å². The Kier molecular flexibility index (Phi) is 18.2. The Labute approximate surface area is 434 Å². The molecule has 2 atom stereocenters. The second-order valence-corrected chi connectivity index (χ2v) is 18.8. The number of nitrogens with one attached hydrogen (secondary N) is 5. The quantitative estimate of drug-likeness (QED) is 0.0303. The summed E-state index contributed by atoms with van der Waals surface area (Å²) < 4.78 is 7.62. The number of benzene rings is 2. The van der Waals surface area contributed by atoms with Crippen molar-refractivity contribution in [3.63, 3.8) is 0 Å². The summed E-state index contributed by atoms with van der Waals surface area (Å²) in [7, 11) is 0. The topological polar surface area (TPSA) is 281 Å². The Balaban J connectivity index is 0.997. The third-order valence-corrected chi connectivity index (χ3v) is 12.8. The number of aryl methyl sites for hydroxylation is 2. The van der Waals surface area contributed by atoms with Crippen molar-refractivity contribution in [1.29, 1.82) is 0 Å². The van der Waals surface area contributed by atoms with Crippen molar-refractivity contribution in [2.45, 2.75) is 105 Å². The van der Waals surface area contributed by atoms with E-state index in [4.69, 9.17) is 20.4 Å². The van der Waals surface area contributed by atoms with Crippen molar-refractivity contribution in [1.82, 2.24) is 55.3 Å². The number of carbonyl (C=O) groups excluding carboxylic acids is 7. The molecule has 75 heavy (non-hydrogen) atoms. The number of rotatable bonds is 24. The van der Waals surface area contributed by atoms with Gasteiger partial charge in [0.25, 0.3) is 11.8 Å². The number of hydrogen-bond donors (Lipinski definition) is 6. The number of amides is 8. The average Bonchev–Trinajstić information content (AvgIpc) is 4.12. The van der Waals surface area contributed by atoms with Gasteiger partial charge in [0.05, 0.1) is 23.6 Å². The number of primary amides is 1. The van der Waals surface area contributed by atoms with E-state index in [9.17, 15) is 33.6 Å². The molecule has 0 saturated heterocycles. The predicted molar refractivity (Wildman–Crippen MR) is 279 cm³/mol. The molecular weight excluding hydrogens is 959 g/mol. The minimum absolute atomic E-state index is 0.0647. The number of aromatic amines is 1. The molecule has 0 bridgehead atoms. The number of pyridine rings is 2. The lowest BCUT2D eigenvalue weighted by Crippen LogP contribution is -2.54. The van der Waals surface area contributed by atoms with Crippen LogP contribution in [0, 0.1) is 26.7 Å². The summed E-state index contributed by atoms with van der Waals surface area (Å²) in [6, 6.07) is 19.4. The van der Waals surface area contributed by atoms with Gasteiger partial charge < -0.3 is 36.7 Å². The van der Waals surface area contributed by atoms with Crippen molar-refractivity contribution >= 4 is 53.0 Å². The normalized spacial score (nSPS) is 13.0. The van der Waals surface area contributed by atoms with E-state index in [-0.39, 0.29) is 69.3 Å². The minimum atomic E-state index is -1.06. The molecule has 7 rings (SSSR count). The molecule has 21 heteroatoms. The first-order valence-electron chi connectivity index (χ1n) is 24.9. The van der Waals surface area contributed by atoms with Crippen molar-refractivity contribution in [3.05, 3.63) is 131 Å². The number of unbranched alkanes of at least 4 members (excludes halogenated alkanes) is 2. The number of H-pyrrole nitrogens is 1. The Morgan fingerprint density at radius 1 is 0.827 bits per heavy atom. The summed E-state index contributed by atoms with van der Waals surface area (Å²) in [5, 5.41) is 15.2. The summed E-state index contributed by atoms with van der Waals surface area (Å²) in [5.74, 6) is -2.01. The molecule has 0 radical (unpaired) electrons. The third-order valence-electron chi connectivity index (χ3n) is 12.8. The second kappa shape index (κ2) is 25.3. The number of nitrogens with zero attached hydrogens (tertiary/aromatic N) is 7. The van der Waals surface area contributed by atoms with Crippen LogP contribution in [-0.4, -0.2) is 106 Å². The second-order valence-electron chi connectivity index (χ2n) is 18.8. The first-order chi connectivity index (χ1) is 36.0. The minimum Gasteiger partial charge on any atom is -0.445 e. The standard InChI is InChI=1S/C54H63N13O8/c1-33(2)48(64-45(68)17-7-6-8-27-66-46(69)24-25-47(66)70)52(72)61-42(16-11-26-56-53(55)73)51(71)60-40-21-18-37(19-22-40)31-75-54(74)65(28-38-14-9-12-34(3)36(38)5)30-43-62-49(39-20-23-44-57-32-58-67(44)29-39)50(63-43)41-15-10-13-35(4)59-41/h9-10,12-15,18-25,29,32-33,42,48H,6-8,11,16-17,26-28,30-31H2,1-5H3,(H,60,71)(H,61,72)(H,62,63)(H,64,68)(H3,55,56,73)/t42-,48?/m0/s1. The van der Waals surface area contributed by atoms with Crippen LogP contribution in [-0.2, 0) is 48.4 Å². The molecule has 4 aromatic heterocycles. The molecular formula is C54H63N13O8. The molecule has 2 aromatic carbocycles. The van der Waals surface area contributed by atoms with Crippen LogP contribution in [0.25, 0.3) is 28.3 Å². The van der Waals surface area contributed by atoms with Crippen molar-refractivity contribution in [3.8, 4) is 22.6 Å². The summed E-state index contributed by atoms with van der Waals surface area (Å²) >= 11 is 0. The van der Waals surface area contributed by atoms with E-state index in [2.05, 4.69) is 36.3 Å². The van der Waals surface area contributed by atoms with E-state index in [0.717, 1.165) is 32.8 Å². The molecule has 0 fully saturated rings. The zero-order chi connectivity index (χ0) is 53.6. The molecule has 6 aromatic rings. The number of imide groups is 1. The first kappa shape index (κ1) is 54.0. The molecule has 1 aliphatic rings. The number of aromatic nitrogens is 6. The molecule has 1 aliphatic heterocycles. The van der Waals surface area contributed by atoms with E-state index in [1.165, 1.54) is 18.5 Å². The van der Waals surface area contributed by atoms with Crippen molar-refractivity contribution < 1.29 is 38.3 Å². The molecule has 392 valence electrons. The van der Waals surface area contributed by atoms with E-state index in [1.807, 2.05) is 75.5 Å². The van der Waals surface area contributed by atoms with Crippen LogP contribution in [0.1, 0.15) is 86.1 Å². The highest BCUT2D eigenvalue weighted by atomic mass is 16.6. The molecule has 21 nitrogen and oxygen atoms in total. The number of urea groups is 1. The van der Waals surface area contributed by atoms with Gasteiger partial charge in [-0.25, -0.2) is 24.1 Å². The van der Waals surface area contributed by atoms with Crippen LogP contribution in [0.4, 0.5) is 15.3 Å². The SMILES string of the molecule is Cc1cccc(-c2[nH]c(CN(Cc3cccc(C)c3C)C(=O)OCc3ccc(NC(=O)[C@H](CCCNC(N)=O)NC(=O)C(NC(=O)CCCCCN4C(=O)C=CC4=O)C(C)C)cc3)nc2-c2ccc3ncnn3c2)n1. The summed E-state index contributed by atoms with van der Waals surface area (Å²) in [5.41, 5.74) is 13.6. The van der Waals surface area contributed by atoms with Crippen LogP contribution in [0.3, 0.4) is 0 Å². The largest absolute Gasteiger partial charge is 0.445 e. The van der Waals surface area contributed by atoms with Gasteiger partial charge in [-0.1, -0.05) is 56.7 Å². The van der Waals surface area contributed by atoms with Crippen LogP contribution >= 0.6 is 0 Å². The molecule has 1 unspecified atom stereocenters. The lowest BCUT2D eigenvalue weighted by molar-refractivity contribution is -0.137. The van der Waals surface area contributed by atoms with Crippen LogP contribution < -0.4 is 27.0 Å². The summed E-state index contributed by atoms with van der Waals surface area (Å²) in [6.07, 6.45) is 7.31. The van der Waals surface area contributed by atoms with Gasteiger partial charge in [-0.05, 0) is 111 Å². The van der Waals surface area contributed by atoms with E-state index in [0.29, 0.717) is 65.5 Å². The van der Waals surface area contributed by atoms with Crippen LogP contribution in [0.15, 0.2) is 97.5 Å². The molecule has 8 amide bonds. The lowest BCUT2D eigenvalue weighted by atomic mass is 10.0. The summed E-state index contributed by atoms with van der Waals surface area (Å²) in [6.45, 7) is 10.1. The Morgan fingerprint density at radius 2 is 1.59 bits per heavy atom. The highest BCUT2D eigenvalue weighted by molar-refractivity contribution is 6.12. The Morgan fingerprint density at radius 3 is 2.32 bits per heavy atom. The maximum Gasteiger partial charge on any atom is 0.410 e. The van der Waals surface area contributed by atoms with E-state index >= 15 is 0 Å². The molecule has 7 N–H and O–H groups in total. The van der Waals surface area contributed by atoms with Gasteiger partial charge in [0.15, 0.2) is 5.65 Å². The molecule has 5 heterocycles. The van der Waals surface area contributed by atoms with E-state index < -0.39 is 36.0 Å². The number of anilines is 1. The van der Waals surface area contributed by atoms with Gasteiger partial charge in [0.2, 0.25) is 17.7 Å². The predicted octanol–water partition coefficient (Wildman–Crippen LogP) is 5.94. The van der Waals surface area contributed by atoms with Gasteiger partial charge in [-0.15, -0.1) is 0 Å². The van der Waals surface area contributed by atoms with Gasteiger partial charge in [0, 0.05) is 61.3 Å². The van der Waals surface area contributed by atoms with Gasteiger partial charge in [-0.2, -0.15) is 5.10 Å². The number of fused-ring (bicyclic) bond motifs is 1. The summed E-state index contributed by atoms with van der Waals surface area (Å²) in [4.78, 5) is 110. The van der Waals surface area contributed by atoms with Crippen LogP contribution in [0.2, 0.25) is 0 Å². The van der Waals surface area contributed by atoms with E-state index in [1.54, 1.807) is 47.5 Å².